The van der Waals surface area contributed by atoms with E-state index in [1.165, 1.54) is 0 Å². The van der Waals surface area contributed by atoms with E-state index in [4.69, 9.17) is 11.6 Å². The third-order valence-corrected chi connectivity index (χ3v) is 6.48. The second-order valence-electron chi connectivity index (χ2n) is 8.38. The van der Waals surface area contributed by atoms with Crippen LogP contribution in [-0.4, -0.2) is 23.3 Å². The Morgan fingerprint density at radius 2 is 1.61 bits per heavy atom. The molecule has 4 nitrogen and oxygen atoms in total. The fourth-order valence-corrected chi connectivity index (χ4v) is 4.67. The van der Waals surface area contributed by atoms with Gasteiger partial charge in [0.05, 0.1) is 12.1 Å². The Hall–Kier alpha value is -3.47. The van der Waals surface area contributed by atoms with Crippen molar-refractivity contribution in [2.45, 2.75) is 18.4 Å². The molecular formula is C28H22ClNO3. The molecule has 5 rings (SSSR count). The summed E-state index contributed by atoms with van der Waals surface area (Å²) in [4.78, 5) is 28.3. The minimum absolute atomic E-state index is 0.299. The summed E-state index contributed by atoms with van der Waals surface area (Å²) in [6, 6.07) is 28.0. The highest BCUT2D eigenvalue weighted by atomic mass is 35.5. The molecule has 1 N–H and O–H groups in total. The van der Waals surface area contributed by atoms with Crippen LogP contribution in [0.4, 0.5) is 5.69 Å². The third-order valence-electron chi connectivity index (χ3n) is 6.25. The van der Waals surface area contributed by atoms with Gasteiger partial charge in [0, 0.05) is 22.7 Å². The third kappa shape index (κ3) is 3.92. The number of nitrogens with zero attached hydrogens (tertiary/aromatic N) is 1. The number of anilines is 1. The highest BCUT2D eigenvalue weighted by Gasteiger charge is 2.50. The first-order chi connectivity index (χ1) is 16.0. The van der Waals surface area contributed by atoms with Gasteiger partial charge in [-0.3, -0.25) is 9.59 Å². The summed E-state index contributed by atoms with van der Waals surface area (Å²) in [5, 5.41) is 13.9. The highest BCUT2D eigenvalue weighted by molar-refractivity contribution is 6.31. The summed E-state index contributed by atoms with van der Waals surface area (Å²) in [6.45, 7) is 0.393. The maximum atomic E-state index is 13.5. The van der Waals surface area contributed by atoms with E-state index in [-0.39, 0.29) is 12.2 Å². The molecule has 1 aliphatic rings. The first kappa shape index (κ1) is 21.4. The Morgan fingerprint density at radius 3 is 2.39 bits per heavy atom. The van der Waals surface area contributed by atoms with Crippen LogP contribution in [0.25, 0.3) is 10.8 Å². The minimum atomic E-state index is -1.96. The molecule has 0 fully saturated rings. The van der Waals surface area contributed by atoms with Crippen molar-refractivity contribution < 1.29 is 14.7 Å². The standard InChI is InChI=1S/C28H22ClNO3/c29-23-12-13-25-24(17-23)28(33,27(32)30(25)15-14-19-6-2-1-3-7-19)18-26(31)22-11-10-20-8-4-5-9-21(20)16-22/h1-13,16-17,33H,14-15,18H2. The van der Waals surface area contributed by atoms with Gasteiger partial charge >= 0.3 is 0 Å². The van der Waals surface area contributed by atoms with Gasteiger partial charge in [-0.1, -0.05) is 78.3 Å². The minimum Gasteiger partial charge on any atom is -0.375 e. The van der Waals surface area contributed by atoms with Gasteiger partial charge in [-0.05, 0) is 47.0 Å². The Morgan fingerprint density at radius 1 is 0.879 bits per heavy atom. The molecular weight excluding hydrogens is 434 g/mol. The van der Waals surface area contributed by atoms with Gasteiger partial charge in [0.15, 0.2) is 11.4 Å². The van der Waals surface area contributed by atoms with Crippen molar-refractivity contribution in [1.82, 2.24) is 0 Å². The van der Waals surface area contributed by atoms with Gasteiger partial charge in [0.2, 0.25) is 0 Å². The zero-order chi connectivity index (χ0) is 23.0. The molecule has 1 aliphatic heterocycles. The fourth-order valence-electron chi connectivity index (χ4n) is 4.50. The van der Waals surface area contributed by atoms with Crippen molar-refractivity contribution in [1.29, 1.82) is 0 Å². The monoisotopic (exact) mass is 455 g/mol. The number of benzene rings is 4. The number of halogens is 1. The lowest BCUT2D eigenvalue weighted by Crippen LogP contribution is -2.42. The molecule has 33 heavy (non-hydrogen) atoms. The molecule has 1 atom stereocenters. The van der Waals surface area contributed by atoms with E-state index >= 15 is 0 Å². The lowest BCUT2D eigenvalue weighted by molar-refractivity contribution is -0.135. The van der Waals surface area contributed by atoms with Gasteiger partial charge < -0.3 is 10.0 Å². The first-order valence-electron chi connectivity index (χ1n) is 10.9. The second-order valence-corrected chi connectivity index (χ2v) is 8.81. The zero-order valence-electron chi connectivity index (χ0n) is 17.9. The second kappa shape index (κ2) is 8.47. The number of amides is 1. The largest absolute Gasteiger partial charge is 0.375 e. The van der Waals surface area contributed by atoms with Crippen LogP contribution < -0.4 is 4.90 Å². The predicted molar refractivity (Wildman–Crippen MR) is 131 cm³/mol. The number of rotatable bonds is 6. The number of hydrogen-bond acceptors (Lipinski definition) is 3. The molecule has 1 heterocycles. The van der Waals surface area contributed by atoms with E-state index in [9.17, 15) is 14.7 Å². The fraction of sp³-hybridized carbons (Fsp3) is 0.143. The smallest absolute Gasteiger partial charge is 0.264 e. The Kier molecular flexibility index (Phi) is 5.49. The Bertz CT molecular complexity index is 1370. The summed E-state index contributed by atoms with van der Waals surface area (Å²) in [5.41, 5.74) is 0.556. The summed E-state index contributed by atoms with van der Waals surface area (Å²) in [7, 11) is 0. The van der Waals surface area contributed by atoms with Gasteiger partial charge in [-0.15, -0.1) is 0 Å². The van der Waals surface area contributed by atoms with Crippen LogP contribution in [0.1, 0.15) is 27.9 Å². The molecule has 5 heteroatoms. The number of carbonyl (C=O) groups is 2. The molecule has 0 saturated carbocycles. The Labute approximate surface area is 197 Å². The van der Waals surface area contributed by atoms with Crippen molar-refractivity contribution in [3.8, 4) is 0 Å². The maximum Gasteiger partial charge on any atom is 0.264 e. The Balaban J connectivity index is 1.46. The quantitative estimate of drug-likeness (QED) is 0.388. The number of aliphatic hydroxyl groups is 1. The average Bonchev–Trinajstić information content (AvgIpc) is 3.04. The lowest BCUT2D eigenvalue weighted by Gasteiger charge is -2.23. The normalized spacial score (nSPS) is 17.4. The summed E-state index contributed by atoms with van der Waals surface area (Å²) < 4.78 is 0. The molecule has 164 valence electrons. The van der Waals surface area contributed by atoms with Gasteiger partial charge in [-0.2, -0.15) is 0 Å². The highest BCUT2D eigenvalue weighted by Crippen LogP contribution is 2.44. The van der Waals surface area contributed by atoms with Crippen LogP contribution in [0.5, 0.6) is 0 Å². The molecule has 1 unspecified atom stereocenters. The number of ketones is 1. The van der Waals surface area contributed by atoms with Crippen molar-refractivity contribution in [2.75, 3.05) is 11.4 Å². The predicted octanol–water partition coefficient (Wildman–Crippen LogP) is 5.54. The van der Waals surface area contributed by atoms with Crippen molar-refractivity contribution in [2.24, 2.45) is 0 Å². The topological polar surface area (TPSA) is 57.6 Å². The number of hydrogen-bond donors (Lipinski definition) is 1. The molecule has 1 amide bonds. The van der Waals surface area contributed by atoms with Crippen LogP contribution in [0.15, 0.2) is 91.0 Å². The molecule has 0 bridgehead atoms. The molecule has 0 aliphatic carbocycles. The maximum absolute atomic E-state index is 13.5. The average molecular weight is 456 g/mol. The summed E-state index contributed by atoms with van der Waals surface area (Å²) >= 11 is 6.21. The van der Waals surface area contributed by atoms with E-state index in [0.717, 1.165) is 16.3 Å². The van der Waals surface area contributed by atoms with E-state index in [2.05, 4.69) is 0 Å². The first-order valence-corrected chi connectivity index (χ1v) is 11.2. The van der Waals surface area contributed by atoms with Crippen LogP contribution in [-0.2, 0) is 16.8 Å². The van der Waals surface area contributed by atoms with Gasteiger partial charge in [-0.25, -0.2) is 0 Å². The van der Waals surface area contributed by atoms with E-state index in [0.29, 0.717) is 34.8 Å². The molecule has 0 spiro atoms. The van der Waals surface area contributed by atoms with Crippen molar-refractivity contribution in [3.63, 3.8) is 0 Å². The van der Waals surface area contributed by atoms with Gasteiger partial charge in [0.25, 0.3) is 5.91 Å². The summed E-state index contributed by atoms with van der Waals surface area (Å²) in [6.07, 6.45) is 0.280. The summed E-state index contributed by atoms with van der Waals surface area (Å²) in [5.74, 6) is -0.794. The molecule has 4 aromatic carbocycles. The van der Waals surface area contributed by atoms with Crippen molar-refractivity contribution >= 4 is 39.8 Å². The van der Waals surface area contributed by atoms with Gasteiger partial charge in [0.1, 0.15) is 0 Å². The SMILES string of the molecule is O=C(CC1(O)C(=O)N(CCc2ccccc2)c2ccc(Cl)cc21)c1ccc2ccccc2c1. The molecule has 4 aromatic rings. The van der Waals surface area contributed by atoms with Crippen LogP contribution in [0.2, 0.25) is 5.02 Å². The number of Topliss-reactive ketones (excluding diaryl/α,β-unsaturated/α-hetero) is 1. The zero-order valence-corrected chi connectivity index (χ0v) is 18.6. The van der Waals surface area contributed by atoms with Crippen LogP contribution in [0.3, 0.4) is 0 Å². The molecule has 0 saturated heterocycles. The van der Waals surface area contributed by atoms with E-state index < -0.39 is 11.5 Å². The van der Waals surface area contributed by atoms with Crippen molar-refractivity contribution in [3.05, 3.63) is 113 Å². The molecule has 0 radical (unpaired) electrons. The number of carbonyl (C=O) groups excluding carboxylic acids is 2. The van der Waals surface area contributed by atoms with Crippen LogP contribution >= 0.6 is 11.6 Å². The number of fused-ring (bicyclic) bond motifs is 2. The lowest BCUT2D eigenvalue weighted by atomic mass is 9.87. The van der Waals surface area contributed by atoms with E-state index in [1.807, 2.05) is 60.7 Å². The van der Waals surface area contributed by atoms with Crippen LogP contribution in [0, 0.1) is 0 Å². The molecule has 0 aromatic heterocycles. The van der Waals surface area contributed by atoms with E-state index in [1.54, 1.807) is 35.2 Å².